The summed E-state index contributed by atoms with van der Waals surface area (Å²) in [4.78, 5) is 13.9. The van der Waals surface area contributed by atoms with E-state index in [2.05, 4.69) is 13.8 Å². The average molecular weight is 248 g/mol. The van der Waals surface area contributed by atoms with Crippen molar-refractivity contribution in [3.63, 3.8) is 0 Å². The molecule has 1 amide bonds. The fourth-order valence-corrected chi connectivity index (χ4v) is 2.15. The van der Waals surface area contributed by atoms with Gasteiger partial charge in [0.15, 0.2) is 0 Å². The third-order valence-electron chi connectivity index (χ3n) is 3.49. The Kier molecular flexibility index (Phi) is 5.69. The van der Waals surface area contributed by atoms with E-state index in [1.807, 2.05) is 36.2 Å². The van der Waals surface area contributed by atoms with Crippen LogP contribution >= 0.6 is 0 Å². The molecule has 1 rings (SSSR count). The number of aryl methyl sites for hydroxylation is 1. The van der Waals surface area contributed by atoms with Gasteiger partial charge in [0.25, 0.3) is 0 Å². The minimum Gasteiger partial charge on any atom is -0.399 e. The molecule has 0 aliphatic carbocycles. The van der Waals surface area contributed by atoms with Crippen LogP contribution in [0, 0.1) is 0 Å². The molecule has 1 aromatic carbocycles. The van der Waals surface area contributed by atoms with Crippen LogP contribution in [0.3, 0.4) is 0 Å². The molecule has 0 radical (unpaired) electrons. The van der Waals surface area contributed by atoms with Crippen molar-refractivity contribution >= 4 is 11.6 Å². The highest BCUT2D eigenvalue weighted by molar-refractivity contribution is 5.76. The number of nitrogen functional groups attached to an aromatic ring is 1. The Bertz CT molecular complexity index is 369. The van der Waals surface area contributed by atoms with Crippen LogP contribution in [-0.4, -0.2) is 23.9 Å². The van der Waals surface area contributed by atoms with Gasteiger partial charge in [-0.3, -0.25) is 4.79 Å². The van der Waals surface area contributed by atoms with E-state index in [9.17, 15) is 4.79 Å². The molecule has 0 spiro atoms. The van der Waals surface area contributed by atoms with Gasteiger partial charge in [-0.2, -0.15) is 0 Å². The first kappa shape index (κ1) is 14.6. The quantitative estimate of drug-likeness (QED) is 0.787. The highest BCUT2D eigenvalue weighted by atomic mass is 16.2. The zero-order chi connectivity index (χ0) is 13.5. The monoisotopic (exact) mass is 248 g/mol. The number of hydrogen-bond acceptors (Lipinski definition) is 2. The largest absolute Gasteiger partial charge is 0.399 e. The molecule has 3 nitrogen and oxygen atoms in total. The summed E-state index contributed by atoms with van der Waals surface area (Å²) in [5.74, 6) is 0.223. The van der Waals surface area contributed by atoms with Crippen molar-refractivity contribution in [3.8, 4) is 0 Å². The summed E-state index contributed by atoms with van der Waals surface area (Å²) in [6, 6.07) is 8.10. The highest BCUT2D eigenvalue weighted by Gasteiger charge is 2.16. The van der Waals surface area contributed by atoms with Gasteiger partial charge in [0.1, 0.15) is 0 Å². The first-order valence-corrected chi connectivity index (χ1v) is 6.68. The Labute approximate surface area is 110 Å². The number of carbonyl (C=O) groups is 1. The summed E-state index contributed by atoms with van der Waals surface area (Å²) >= 11 is 0. The van der Waals surface area contributed by atoms with Crippen LogP contribution in [0.15, 0.2) is 24.3 Å². The molecular formula is C15H24N2O. The SMILES string of the molecule is CCC(CC)N(C)C(=O)CCc1ccc(N)cc1. The van der Waals surface area contributed by atoms with Gasteiger partial charge in [-0.25, -0.2) is 0 Å². The van der Waals surface area contributed by atoms with E-state index in [4.69, 9.17) is 5.73 Å². The lowest BCUT2D eigenvalue weighted by Crippen LogP contribution is -2.36. The van der Waals surface area contributed by atoms with Gasteiger partial charge >= 0.3 is 0 Å². The minimum absolute atomic E-state index is 0.223. The summed E-state index contributed by atoms with van der Waals surface area (Å²) in [5, 5.41) is 0. The van der Waals surface area contributed by atoms with Crippen LogP contribution in [0.1, 0.15) is 38.7 Å². The lowest BCUT2D eigenvalue weighted by molar-refractivity contribution is -0.132. The van der Waals surface area contributed by atoms with Gasteiger partial charge in [-0.15, -0.1) is 0 Å². The fraction of sp³-hybridized carbons (Fsp3) is 0.533. The normalized spacial score (nSPS) is 10.7. The summed E-state index contributed by atoms with van der Waals surface area (Å²) < 4.78 is 0. The van der Waals surface area contributed by atoms with E-state index in [1.165, 1.54) is 0 Å². The number of anilines is 1. The third-order valence-corrected chi connectivity index (χ3v) is 3.49. The third kappa shape index (κ3) is 4.06. The van der Waals surface area contributed by atoms with Crippen molar-refractivity contribution in [3.05, 3.63) is 29.8 Å². The maximum atomic E-state index is 12.0. The number of hydrogen-bond donors (Lipinski definition) is 1. The van der Waals surface area contributed by atoms with E-state index < -0.39 is 0 Å². The first-order valence-electron chi connectivity index (χ1n) is 6.68. The second kappa shape index (κ2) is 7.04. The molecule has 0 heterocycles. The molecule has 0 aromatic heterocycles. The number of rotatable bonds is 6. The number of nitrogens with zero attached hydrogens (tertiary/aromatic N) is 1. The lowest BCUT2D eigenvalue weighted by atomic mass is 10.1. The minimum atomic E-state index is 0.223. The lowest BCUT2D eigenvalue weighted by Gasteiger charge is -2.26. The Hall–Kier alpha value is -1.51. The van der Waals surface area contributed by atoms with Gasteiger partial charge in [-0.1, -0.05) is 26.0 Å². The van der Waals surface area contributed by atoms with E-state index >= 15 is 0 Å². The Balaban J connectivity index is 2.47. The second-order valence-electron chi connectivity index (χ2n) is 4.72. The molecule has 0 aliphatic heterocycles. The van der Waals surface area contributed by atoms with Gasteiger partial charge in [0, 0.05) is 25.2 Å². The zero-order valence-corrected chi connectivity index (χ0v) is 11.6. The molecule has 100 valence electrons. The predicted octanol–water partition coefficient (Wildman–Crippen LogP) is 2.85. The Morgan fingerprint density at radius 3 is 2.28 bits per heavy atom. The van der Waals surface area contributed by atoms with Crippen LogP contribution in [0.2, 0.25) is 0 Å². The van der Waals surface area contributed by atoms with Gasteiger partial charge in [0.2, 0.25) is 5.91 Å². The highest BCUT2D eigenvalue weighted by Crippen LogP contribution is 2.11. The second-order valence-corrected chi connectivity index (χ2v) is 4.72. The van der Waals surface area contributed by atoms with Crippen LogP contribution in [0.4, 0.5) is 5.69 Å². The van der Waals surface area contributed by atoms with Crippen molar-refractivity contribution in [1.29, 1.82) is 0 Å². The Morgan fingerprint density at radius 2 is 1.78 bits per heavy atom. The maximum Gasteiger partial charge on any atom is 0.222 e. The van der Waals surface area contributed by atoms with Gasteiger partial charge < -0.3 is 10.6 Å². The van der Waals surface area contributed by atoms with Crippen molar-refractivity contribution in [1.82, 2.24) is 4.90 Å². The van der Waals surface area contributed by atoms with E-state index in [1.54, 1.807) is 0 Å². The van der Waals surface area contributed by atoms with Gasteiger partial charge in [-0.05, 0) is 37.0 Å². The first-order chi connectivity index (χ1) is 8.58. The van der Waals surface area contributed by atoms with Crippen molar-refractivity contribution in [2.45, 2.75) is 45.6 Å². The summed E-state index contributed by atoms with van der Waals surface area (Å²) in [7, 11) is 1.91. The predicted molar refractivity (Wildman–Crippen MR) is 76.3 cm³/mol. The van der Waals surface area contributed by atoms with Crippen LogP contribution in [-0.2, 0) is 11.2 Å². The molecule has 0 aliphatic rings. The number of carbonyl (C=O) groups excluding carboxylic acids is 1. The van der Waals surface area contributed by atoms with Crippen molar-refractivity contribution in [2.24, 2.45) is 0 Å². The van der Waals surface area contributed by atoms with Crippen LogP contribution in [0.5, 0.6) is 0 Å². The summed E-state index contributed by atoms with van der Waals surface area (Å²) in [6.45, 7) is 4.25. The molecule has 0 unspecified atom stereocenters. The Morgan fingerprint density at radius 1 is 1.22 bits per heavy atom. The summed E-state index contributed by atoms with van der Waals surface area (Å²) in [6.07, 6.45) is 3.38. The molecule has 0 saturated heterocycles. The van der Waals surface area contributed by atoms with Crippen molar-refractivity contribution < 1.29 is 4.79 Å². The number of benzene rings is 1. The number of nitrogens with two attached hydrogens (primary N) is 1. The van der Waals surface area contributed by atoms with Crippen LogP contribution < -0.4 is 5.73 Å². The molecule has 18 heavy (non-hydrogen) atoms. The average Bonchev–Trinajstić information content (AvgIpc) is 2.39. The fourth-order valence-electron chi connectivity index (χ4n) is 2.15. The van der Waals surface area contributed by atoms with E-state index in [0.717, 1.165) is 30.5 Å². The smallest absolute Gasteiger partial charge is 0.222 e. The molecule has 2 N–H and O–H groups in total. The van der Waals surface area contributed by atoms with Gasteiger partial charge in [0.05, 0.1) is 0 Å². The molecule has 0 bridgehead atoms. The van der Waals surface area contributed by atoms with Crippen LogP contribution in [0.25, 0.3) is 0 Å². The molecule has 0 fully saturated rings. The molecule has 1 aromatic rings. The van der Waals surface area contributed by atoms with E-state index in [0.29, 0.717) is 12.5 Å². The zero-order valence-electron chi connectivity index (χ0n) is 11.6. The molecular weight excluding hydrogens is 224 g/mol. The number of amides is 1. The maximum absolute atomic E-state index is 12.0. The summed E-state index contributed by atoms with van der Waals surface area (Å²) in [5.41, 5.74) is 7.56. The van der Waals surface area contributed by atoms with Crippen molar-refractivity contribution in [2.75, 3.05) is 12.8 Å². The molecule has 0 atom stereocenters. The molecule has 0 saturated carbocycles. The standard InChI is InChI=1S/C15H24N2O/c1-4-14(5-2)17(3)15(18)11-8-12-6-9-13(16)10-7-12/h6-7,9-10,14H,4-5,8,11,16H2,1-3H3. The topological polar surface area (TPSA) is 46.3 Å². The van der Waals surface area contributed by atoms with E-state index in [-0.39, 0.29) is 5.91 Å². The molecule has 3 heteroatoms.